The van der Waals surface area contributed by atoms with Gasteiger partial charge in [0.2, 0.25) is 0 Å². The minimum atomic E-state index is -0.189. The zero-order valence-corrected chi connectivity index (χ0v) is 11.4. The molecule has 0 unspecified atom stereocenters. The maximum atomic E-state index is 12.0. The van der Waals surface area contributed by atoms with Crippen molar-refractivity contribution in [2.24, 2.45) is 0 Å². The quantitative estimate of drug-likeness (QED) is 0.906. The van der Waals surface area contributed by atoms with E-state index >= 15 is 0 Å². The van der Waals surface area contributed by atoms with Crippen LogP contribution in [-0.4, -0.2) is 20.8 Å². The maximum absolute atomic E-state index is 12.0. The van der Waals surface area contributed by atoms with Gasteiger partial charge in [-0.15, -0.1) is 0 Å². The lowest BCUT2D eigenvalue weighted by Crippen LogP contribution is -2.24. The Morgan fingerprint density at radius 2 is 2.25 bits per heavy atom. The molecule has 0 spiro atoms. The van der Waals surface area contributed by atoms with Crippen LogP contribution >= 0.6 is 0 Å². The van der Waals surface area contributed by atoms with Crippen LogP contribution in [0, 0.1) is 11.3 Å². The first kappa shape index (κ1) is 13.7. The SMILES string of the molecule is CC(C)Nc1cnn(Cc2ccnc(C#N)c2)c(=O)c1. The molecule has 1 N–H and O–H groups in total. The smallest absolute Gasteiger partial charge is 0.269 e. The number of nitriles is 1. The Bertz CT molecular complexity index is 699. The lowest BCUT2D eigenvalue weighted by atomic mass is 10.2. The Balaban J connectivity index is 2.22. The van der Waals surface area contributed by atoms with E-state index in [1.165, 1.54) is 10.7 Å². The summed E-state index contributed by atoms with van der Waals surface area (Å²) in [7, 11) is 0. The van der Waals surface area contributed by atoms with Crippen LogP contribution in [0.15, 0.2) is 35.4 Å². The zero-order chi connectivity index (χ0) is 14.5. The highest BCUT2D eigenvalue weighted by Crippen LogP contribution is 2.05. The van der Waals surface area contributed by atoms with E-state index in [4.69, 9.17) is 5.26 Å². The summed E-state index contributed by atoms with van der Waals surface area (Å²) in [6.07, 6.45) is 3.17. The summed E-state index contributed by atoms with van der Waals surface area (Å²) in [5, 5.41) is 16.0. The van der Waals surface area contributed by atoms with E-state index in [1.807, 2.05) is 19.9 Å². The van der Waals surface area contributed by atoms with E-state index in [2.05, 4.69) is 15.4 Å². The maximum Gasteiger partial charge on any atom is 0.269 e. The van der Waals surface area contributed by atoms with Crippen molar-refractivity contribution in [2.75, 3.05) is 5.32 Å². The summed E-state index contributed by atoms with van der Waals surface area (Å²) in [6, 6.07) is 7.13. The zero-order valence-electron chi connectivity index (χ0n) is 11.4. The number of rotatable bonds is 4. The first-order chi connectivity index (χ1) is 9.58. The van der Waals surface area contributed by atoms with E-state index in [1.54, 1.807) is 24.5 Å². The van der Waals surface area contributed by atoms with Crippen molar-refractivity contribution in [1.29, 1.82) is 5.26 Å². The van der Waals surface area contributed by atoms with Gasteiger partial charge in [-0.3, -0.25) is 4.79 Å². The van der Waals surface area contributed by atoms with E-state index in [9.17, 15) is 4.79 Å². The second-order valence-electron chi connectivity index (χ2n) is 4.70. The monoisotopic (exact) mass is 269 g/mol. The number of hydrogen-bond donors (Lipinski definition) is 1. The molecule has 0 saturated heterocycles. The molecule has 0 radical (unpaired) electrons. The number of pyridine rings is 1. The molecule has 0 aliphatic carbocycles. The van der Waals surface area contributed by atoms with Crippen LogP contribution in [-0.2, 0) is 6.54 Å². The average Bonchev–Trinajstić information content (AvgIpc) is 2.41. The summed E-state index contributed by atoms with van der Waals surface area (Å²) in [4.78, 5) is 15.8. The van der Waals surface area contributed by atoms with Crippen LogP contribution in [0.4, 0.5) is 5.69 Å². The van der Waals surface area contributed by atoms with Crippen LogP contribution in [0.25, 0.3) is 0 Å². The normalized spacial score (nSPS) is 10.3. The average molecular weight is 269 g/mol. The Hall–Kier alpha value is -2.68. The van der Waals surface area contributed by atoms with Gasteiger partial charge in [0.25, 0.3) is 5.56 Å². The van der Waals surface area contributed by atoms with Gasteiger partial charge in [0.1, 0.15) is 11.8 Å². The van der Waals surface area contributed by atoms with Crippen molar-refractivity contribution in [1.82, 2.24) is 14.8 Å². The number of anilines is 1. The molecule has 102 valence electrons. The first-order valence-electron chi connectivity index (χ1n) is 6.27. The van der Waals surface area contributed by atoms with Crippen LogP contribution in [0.3, 0.4) is 0 Å². The lowest BCUT2D eigenvalue weighted by Gasteiger charge is -2.10. The van der Waals surface area contributed by atoms with Crippen LogP contribution in [0.2, 0.25) is 0 Å². The Morgan fingerprint density at radius 3 is 2.90 bits per heavy atom. The fourth-order valence-corrected chi connectivity index (χ4v) is 1.77. The summed E-state index contributed by atoms with van der Waals surface area (Å²) >= 11 is 0. The van der Waals surface area contributed by atoms with Crippen molar-refractivity contribution in [3.63, 3.8) is 0 Å². The van der Waals surface area contributed by atoms with Crippen molar-refractivity contribution in [3.8, 4) is 6.07 Å². The third kappa shape index (κ3) is 3.42. The van der Waals surface area contributed by atoms with Crippen molar-refractivity contribution < 1.29 is 0 Å². The van der Waals surface area contributed by atoms with Gasteiger partial charge in [-0.2, -0.15) is 10.4 Å². The molecule has 2 rings (SSSR count). The minimum absolute atomic E-state index is 0.189. The van der Waals surface area contributed by atoms with Gasteiger partial charge in [-0.25, -0.2) is 9.67 Å². The molecule has 0 atom stereocenters. The molecule has 2 aromatic rings. The predicted molar refractivity (Wildman–Crippen MR) is 75.3 cm³/mol. The van der Waals surface area contributed by atoms with Gasteiger partial charge < -0.3 is 5.32 Å². The van der Waals surface area contributed by atoms with Crippen molar-refractivity contribution >= 4 is 5.69 Å². The van der Waals surface area contributed by atoms with Gasteiger partial charge in [-0.05, 0) is 31.5 Å². The fourth-order valence-electron chi connectivity index (χ4n) is 1.77. The van der Waals surface area contributed by atoms with Gasteiger partial charge in [0.05, 0.1) is 18.4 Å². The molecule has 2 aromatic heterocycles. The molecule has 6 heteroatoms. The van der Waals surface area contributed by atoms with Gasteiger partial charge in [0.15, 0.2) is 0 Å². The summed E-state index contributed by atoms with van der Waals surface area (Å²) < 4.78 is 1.35. The third-order valence-electron chi connectivity index (χ3n) is 2.60. The molecule has 0 bridgehead atoms. The number of nitrogens with one attached hydrogen (secondary N) is 1. The summed E-state index contributed by atoms with van der Waals surface area (Å²) in [6.45, 7) is 4.30. The molecule has 6 nitrogen and oxygen atoms in total. The molecule has 20 heavy (non-hydrogen) atoms. The molecular formula is C14H15N5O. The van der Waals surface area contributed by atoms with Gasteiger partial charge >= 0.3 is 0 Å². The molecule has 2 heterocycles. The summed E-state index contributed by atoms with van der Waals surface area (Å²) in [5.41, 5.74) is 1.66. The van der Waals surface area contributed by atoms with Crippen molar-refractivity contribution in [3.05, 3.63) is 52.2 Å². The molecule has 0 aliphatic heterocycles. The van der Waals surface area contributed by atoms with Crippen LogP contribution < -0.4 is 10.9 Å². The second kappa shape index (κ2) is 5.97. The molecule has 0 saturated carbocycles. The summed E-state index contributed by atoms with van der Waals surface area (Å²) in [5.74, 6) is 0. The Kier molecular flexibility index (Phi) is 4.11. The molecule has 0 fully saturated rings. The third-order valence-corrected chi connectivity index (χ3v) is 2.60. The molecule has 0 aliphatic rings. The highest BCUT2D eigenvalue weighted by Gasteiger charge is 2.03. The minimum Gasteiger partial charge on any atom is -0.381 e. The van der Waals surface area contributed by atoms with Gasteiger partial charge in [0, 0.05) is 18.3 Å². The molecule has 0 aromatic carbocycles. The van der Waals surface area contributed by atoms with Crippen LogP contribution in [0.1, 0.15) is 25.1 Å². The standard InChI is InChI=1S/C14H15N5O/c1-10(2)18-13-6-14(20)19(17-8-13)9-11-3-4-16-12(5-11)7-15/h3-6,8,10,18H,9H2,1-2H3. The topological polar surface area (TPSA) is 83.6 Å². The Morgan fingerprint density at radius 1 is 1.45 bits per heavy atom. The second-order valence-corrected chi connectivity index (χ2v) is 4.70. The number of aromatic nitrogens is 3. The van der Waals surface area contributed by atoms with Crippen LogP contribution in [0.5, 0.6) is 0 Å². The van der Waals surface area contributed by atoms with E-state index in [0.29, 0.717) is 17.9 Å². The lowest BCUT2D eigenvalue weighted by molar-refractivity contribution is 0.638. The predicted octanol–water partition coefficient (Wildman–Crippen LogP) is 1.38. The highest BCUT2D eigenvalue weighted by molar-refractivity contribution is 5.39. The first-order valence-corrected chi connectivity index (χ1v) is 6.27. The largest absolute Gasteiger partial charge is 0.381 e. The van der Waals surface area contributed by atoms with E-state index in [0.717, 1.165) is 5.56 Å². The molecule has 0 amide bonds. The van der Waals surface area contributed by atoms with Gasteiger partial charge in [-0.1, -0.05) is 0 Å². The highest BCUT2D eigenvalue weighted by atomic mass is 16.1. The van der Waals surface area contributed by atoms with Crippen molar-refractivity contribution in [2.45, 2.75) is 26.4 Å². The molecular weight excluding hydrogens is 254 g/mol. The Labute approximate surface area is 116 Å². The van der Waals surface area contributed by atoms with E-state index < -0.39 is 0 Å². The number of nitrogens with zero attached hydrogens (tertiary/aromatic N) is 4. The van der Waals surface area contributed by atoms with E-state index in [-0.39, 0.29) is 11.6 Å². The number of hydrogen-bond acceptors (Lipinski definition) is 5. The fraction of sp³-hybridized carbons (Fsp3) is 0.286.